The molecule has 0 bridgehead atoms. The Morgan fingerprint density at radius 1 is 1.15 bits per heavy atom. The van der Waals surface area contributed by atoms with Gasteiger partial charge in [0.25, 0.3) is 10.2 Å². The molecule has 1 aromatic rings. The molecule has 1 unspecified atom stereocenters. The van der Waals surface area contributed by atoms with Gasteiger partial charge in [-0.3, -0.25) is 4.98 Å². The molecule has 2 aliphatic heterocycles. The van der Waals surface area contributed by atoms with E-state index in [0.717, 1.165) is 18.4 Å². The molecular formula is C13H19N3O3S. The summed E-state index contributed by atoms with van der Waals surface area (Å²) in [5.74, 6) is 0. The molecule has 7 heteroatoms. The highest BCUT2D eigenvalue weighted by molar-refractivity contribution is 7.86. The second-order valence-electron chi connectivity index (χ2n) is 5.07. The number of pyridine rings is 1. The first-order valence-corrected chi connectivity index (χ1v) is 8.34. The molecule has 3 heterocycles. The van der Waals surface area contributed by atoms with E-state index in [-0.39, 0.29) is 6.04 Å². The zero-order valence-corrected chi connectivity index (χ0v) is 12.1. The monoisotopic (exact) mass is 297 g/mol. The second-order valence-corrected chi connectivity index (χ2v) is 6.95. The van der Waals surface area contributed by atoms with Gasteiger partial charge >= 0.3 is 0 Å². The molecule has 20 heavy (non-hydrogen) atoms. The molecule has 6 nitrogen and oxygen atoms in total. The number of morpholine rings is 1. The first kappa shape index (κ1) is 13.9. The van der Waals surface area contributed by atoms with Crippen LogP contribution in [-0.4, -0.2) is 54.9 Å². The van der Waals surface area contributed by atoms with Gasteiger partial charge in [0.15, 0.2) is 0 Å². The molecule has 2 aliphatic rings. The van der Waals surface area contributed by atoms with E-state index in [1.165, 1.54) is 4.31 Å². The normalized spacial score (nSPS) is 25.9. The molecule has 0 radical (unpaired) electrons. The Morgan fingerprint density at radius 2 is 1.85 bits per heavy atom. The summed E-state index contributed by atoms with van der Waals surface area (Å²) in [5, 5.41) is 0. The molecule has 3 rings (SSSR count). The molecule has 0 aliphatic carbocycles. The molecule has 1 atom stereocenters. The smallest absolute Gasteiger partial charge is 0.282 e. The zero-order valence-electron chi connectivity index (χ0n) is 11.3. The summed E-state index contributed by atoms with van der Waals surface area (Å²) in [5.41, 5.74) is 1.02. The minimum atomic E-state index is -3.39. The topological polar surface area (TPSA) is 62.7 Å². The van der Waals surface area contributed by atoms with Crippen LogP contribution < -0.4 is 0 Å². The lowest BCUT2D eigenvalue weighted by atomic mass is 10.1. The Labute approximate surface area is 119 Å². The van der Waals surface area contributed by atoms with Gasteiger partial charge in [-0.05, 0) is 30.5 Å². The summed E-state index contributed by atoms with van der Waals surface area (Å²) in [6.07, 6.45) is 5.20. The first-order valence-electron chi connectivity index (χ1n) is 6.94. The summed E-state index contributed by atoms with van der Waals surface area (Å²) in [7, 11) is -3.39. The highest BCUT2D eigenvalue weighted by Gasteiger charge is 2.39. The highest BCUT2D eigenvalue weighted by atomic mass is 32.2. The SMILES string of the molecule is O=S(=O)(N1CCOCC1)N1CCCC1c1ccncc1. The van der Waals surface area contributed by atoms with Crippen molar-refractivity contribution in [3.05, 3.63) is 30.1 Å². The largest absolute Gasteiger partial charge is 0.379 e. The lowest BCUT2D eigenvalue weighted by Crippen LogP contribution is -2.48. The van der Waals surface area contributed by atoms with E-state index in [4.69, 9.17) is 4.74 Å². The van der Waals surface area contributed by atoms with Crippen molar-refractivity contribution in [3.63, 3.8) is 0 Å². The van der Waals surface area contributed by atoms with Crippen molar-refractivity contribution in [2.45, 2.75) is 18.9 Å². The van der Waals surface area contributed by atoms with Crippen LogP contribution in [0.2, 0.25) is 0 Å². The fourth-order valence-electron chi connectivity index (χ4n) is 2.86. The minimum absolute atomic E-state index is 0.0640. The van der Waals surface area contributed by atoms with Crippen LogP contribution in [-0.2, 0) is 14.9 Å². The van der Waals surface area contributed by atoms with Crippen molar-refractivity contribution < 1.29 is 13.2 Å². The van der Waals surface area contributed by atoms with Crippen molar-refractivity contribution in [2.24, 2.45) is 0 Å². The van der Waals surface area contributed by atoms with Crippen LogP contribution in [0, 0.1) is 0 Å². The number of nitrogens with zero attached hydrogens (tertiary/aromatic N) is 3. The van der Waals surface area contributed by atoms with E-state index in [1.807, 2.05) is 12.1 Å². The van der Waals surface area contributed by atoms with E-state index in [9.17, 15) is 8.42 Å². The fraction of sp³-hybridized carbons (Fsp3) is 0.615. The Hall–Kier alpha value is -1.02. The van der Waals surface area contributed by atoms with Crippen molar-refractivity contribution in [1.29, 1.82) is 0 Å². The van der Waals surface area contributed by atoms with Gasteiger partial charge in [-0.1, -0.05) is 0 Å². The summed E-state index contributed by atoms with van der Waals surface area (Å²) in [6, 6.07) is 3.74. The summed E-state index contributed by atoms with van der Waals surface area (Å²) < 4.78 is 33.9. The van der Waals surface area contributed by atoms with Crippen LogP contribution in [0.1, 0.15) is 24.4 Å². The van der Waals surface area contributed by atoms with Crippen molar-refractivity contribution in [3.8, 4) is 0 Å². The third-order valence-corrected chi connectivity index (χ3v) is 5.93. The van der Waals surface area contributed by atoms with Crippen LogP contribution in [0.5, 0.6) is 0 Å². The third-order valence-electron chi connectivity index (χ3n) is 3.89. The van der Waals surface area contributed by atoms with Crippen molar-refractivity contribution >= 4 is 10.2 Å². The number of rotatable bonds is 3. The minimum Gasteiger partial charge on any atom is -0.379 e. The van der Waals surface area contributed by atoms with E-state index >= 15 is 0 Å². The molecular weight excluding hydrogens is 278 g/mol. The maximum atomic E-state index is 12.8. The molecule has 0 spiro atoms. The van der Waals surface area contributed by atoms with Gasteiger partial charge in [0.05, 0.1) is 19.3 Å². The second kappa shape index (κ2) is 5.77. The van der Waals surface area contributed by atoms with E-state index in [2.05, 4.69) is 4.98 Å². The van der Waals surface area contributed by atoms with Crippen molar-refractivity contribution in [1.82, 2.24) is 13.6 Å². The van der Waals surface area contributed by atoms with Gasteiger partial charge in [0.2, 0.25) is 0 Å². The summed E-state index contributed by atoms with van der Waals surface area (Å²) in [4.78, 5) is 4.00. The van der Waals surface area contributed by atoms with Gasteiger partial charge in [-0.15, -0.1) is 0 Å². The van der Waals surface area contributed by atoms with Gasteiger partial charge in [-0.25, -0.2) is 0 Å². The van der Waals surface area contributed by atoms with Gasteiger partial charge in [0, 0.05) is 32.0 Å². The van der Waals surface area contributed by atoms with Crippen LogP contribution in [0.25, 0.3) is 0 Å². The Bertz CT molecular complexity index is 543. The number of aromatic nitrogens is 1. The Kier molecular flexibility index (Phi) is 4.02. The average Bonchev–Trinajstić information content (AvgIpc) is 2.99. The third kappa shape index (κ3) is 2.58. The molecule has 1 aromatic heterocycles. The summed E-state index contributed by atoms with van der Waals surface area (Å²) >= 11 is 0. The Balaban J connectivity index is 1.84. The van der Waals surface area contributed by atoms with Gasteiger partial charge in [0.1, 0.15) is 0 Å². The lowest BCUT2D eigenvalue weighted by molar-refractivity contribution is 0.0699. The predicted octanol–water partition coefficient (Wildman–Crippen LogP) is 0.795. The molecule has 0 amide bonds. The highest BCUT2D eigenvalue weighted by Crippen LogP contribution is 2.35. The summed E-state index contributed by atoms with van der Waals surface area (Å²) in [6.45, 7) is 2.44. The quantitative estimate of drug-likeness (QED) is 0.828. The Morgan fingerprint density at radius 3 is 2.55 bits per heavy atom. The van der Waals surface area contributed by atoms with Gasteiger partial charge < -0.3 is 4.74 Å². The zero-order chi connectivity index (χ0) is 14.0. The van der Waals surface area contributed by atoms with Crippen LogP contribution in [0.4, 0.5) is 0 Å². The van der Waals surface area contributed by atoms with Crippen LogP contribution >= 0.6 is 0 Å². The molecule has 0 saturated carbocycles. The number of hydrogen-bond acceptors (Lipinski definition) is 4. The molecule has 2 fully saturated rings. The maximum absolute atomic E-state index is 12.8. The molecule has 2 saturated heterocycles. The molecule has 0 N–H and O–H groups in total. The molecule has 110 valence electrons. The number of hydrogen-bond donors (Lipinski definition) is 0. The van der Waals surface area contributed by atoms with Gasteiger partial charge in [-0.2, -0.15) is 17.0 Å². The fourth-order valence-corrected chi connectivity index (χ4v) is 4.68. The lowest BCUT2D eigenvalue weighted by Gasteiger charge is -2.33. The van der Waals surface area contributed by atoms with E-state index in [0.29, 0.717) is 32.8 Å². The number of ether oxygens (including phenoxy) is 1. The van der Waals surface area contributed by atoms with Crippen molar-refractivity contribution in [2.75, 3.05) is 32.8 Å². The van der Waals surface area contributed by atoms with E-state index in [1.54, 1.807) is 16.7 Å². The first-order chi connectivity index (χ1) is 9.69. The maximum Gasteiger partial charge on any atom is 0.282 e. The predicted molar refractivity (Wildman–Crippen MR) is 74.2 cm³/mol. The van der Waals surface area contributed by atoms with E-state index < -0.39 is 10.2 Å². The standard InChI is InChI=1S/C13H19N3O3S/c17-20(18,15-8-10-19-11-9-15)16-7-1-2-13(16)12-3-5-14-6-4-12/h3-6,13H,1-2,7-11H2. The van der Waals surface area contributed by atoms with Crippen LogP contribution in [0.15, 0.2) is 24.5 Å². The van der Waals surface area contributed by atoms with Crippen LogP contribution in [0.3, 0.4) is 0 Å². The molecule has 0 aromatic carbocycles. The average molecular weight is 297 g/mol.